The molecule has 2 nitrogen and oxygen atoms in total. The number of aromatic amines is 1. The van der Waals surface area contributed by atoms with E-state index in [0.29, 0.717) is 0 Å². The first-order chi connectivity index (χ1) is 8.42. The molecule has 0 radical (unpaired) electrons. The van der Waals surface area contributed by atoms with E-state index in [9.17, 15) is 0 Å². The van der Waals surface area contributed by atoms with Gasteiger partial charge in [-0.15, -0.1) is 0 Å². The molecule has 0 unspecified atom stereocenters. The Morgan fingerprint density at radius 2 is 2.24 bits per heavy atom. The highest BCUT2D eigenvalue weighted by Gasteiger charge is 2.00. The molecule has 1 heterocycles. The standard InChI is InChI=1S/C14H20N2S/c1-2-17-10-4-8-15-11-13-6-3-5-12-7-9-16-14(12)13/h3,5-7,9,15-16H,2,4,8,10-11H2,1H3. The molecule has 0 aliphatic rings. The SMILES string of the molecule is CCSCCCNCc1cccc2cc[nH]c12. The van der Waals surface area contributed by atoms with Gasteiger partial charge in [0, 0.05) is 18.3 Å². The van der Waals surface area contributed by atoms with Gasteiger partial charge in [0.1, 0.15) is 0 Å². The number of nitrogens with one attached hydrogen (secondary N) is 2. The summed E-state index contributed by atoms with van der Waals surface area (Å²) in [6.45, 7) is 4.27. The lowest BCUT2D eigenvalue weighted by atomic mass is 10.1. The predicted molar refractivity (Wildman–Crippen MR) is 77.6 cm³/mol. The number of thioether (sulfide) groups is 1. The molecule has 0 bridgehead atoms. The van der Waals surface area contributed by atoms with Gasteiger partial charge >= 0.3 is 0 Å². The summed E-state index contributed by atoms with van der Waals surface area (Å²) >= 11 is 2.01. The fourth-order valence-corrected chi connectivity index (χ4v) is 2.60. The molecule has 2 N–H and O–H groups in total. The highest BCUT2D eigenvalue weighted by atomic mass is 32.2. The molecule has 1 aromatic carbocycles. The predicted octanol–water partition coefficient (Wildman–Crippen LogP) is 3.40. The van der Waals surface area contributed by atoms with Crippen LogP contribution in [0.4, 0.5) is 0 Å². The summed E-state index contributed by atoms with van der Waals surface area (Å²) < 4.78 is 0. The molecule has 2 rings (SSSR count). The molecule has 2 aromatic rings. The summed E-state index contributed by atoms with van der Waals surface area (Å²) in [6, 6.07) is 8.58. The average Bonchev–Trinajstić information content (AvgIpc) is 2.82. The second kappa shape index (κ2) is 6.72. The van der Waals surface area contributed by atoms with Crippen LogP contribution in [0.5, 0.6) is 0 Å². The van der Waals surface area contributed by atoms with E-state index >= 15 is 0 Å². The van der Waals surface area contributed by atoms with E-state index in [1.165, 1.54) is 34.4 Å². The highest BCUT2D eigenvalue weighted by molar-refractivity contribution is 7.99. The molecule has 0 spiro atoms. The lowest BCUT2D eigenvalue weighted by Gasteiger charge is -2.06. The van der Waals surface area contributed by atoms with Crippen molar-refractivity contribution < 1.29 is 0 Å². The van der Waals surface area contributed by atoms with Gasteiger partial charge in [0.2, 0.25) is 0 Å². The van der Waals surface area contributed by atoms with E-state index < -0.39 is 0 Å². The monoisotopic (exact) mass is 248 g/mol. The molecule has 0 aliphatic carbocycles. The molecule has 0 amide bonds. The number of H-pyrrole nitrogens is 1. The summed E-state index contributed by atoms with van der Waals surface area (Å²) in [7, 11) is 0. The van der Waals surface area contributed by atoms with Gasteiger partial charge in [0.15, 0.2) is 0 Å². The van der Waals surface area contributed by atoms with E-state index in [1.807, 2.05) is 18.0 Å². The average molecular weight is 248 g/mol. The Hall–Kier alpha value is -0.930. The smallest absolute Gasteiger partial charge is 0.0499 e. The van der Waals surface area contributed by atoms with Crippen molar-refractivity contribution in [3.8, 4) is 0 Å². The van der Waals surface area contributed by atoms with Gasteiger partial charge in [0.05, 0.1) is 0 Å². The van der Waals surface area contributed by atoms with Crippen molar-refractivity contribution in [2.24, 2.45) is 0 Å². The minimum atomic E-state index is 0.953. The summed E-state index contributed by atoms with van der Waals surface area (Å²) in [5.74, 6) is 2.48. The first-order valence-electron chi connectivity index (χ1n) is 6.25. The molecule has 0 fully saturated rings. The van der Waals surface area contributed by atoms with Crippen LogP contribution in [0.15, 0.2) is 30.5 Å². The minimum absolute atomic E-state index is 0.953. The van der Waals surface area contributed by atoms with Gasteiger partial charge < -0.3 is 10.3 Å². The topological polar surface area (TPSA) is 27.8 Å². The van der Waals surface area contributed by atoms with E-state index in [0.717, 1.165) is 13.1 Å². The fourth-order valence-electron chi connectivity index (χ4n) is 1.96. The lowest BCUT2D eigenvalue weighted by molar-refractivity contribution is 0.681. The van der Waals surface area contributed by atoms with Crippen molar-refractivity contribution in [2.45, 2.75) is 19.9 Å². The minimum Gasteiger partial charge on any atom is -0.361 e. The number of hydrogen-bond donors (Lipinski definition) is 2. The first-order valence-corrected chi connectivity index (χ1v) is 7.40. The number of hydrogen-bond acceptors (Lipinski definition) is 2. The highest BCUT2D eigenvalue weighted by Crippen LogP contribution is 2.16. The van der Waals surface area contributed by atoms with Crippen molar-refractivity contribution >= 4 is 22.7 Å². The largest absolute Gasteiger partial charge is 0.361 e. The number of benzene rings is 1. The number of rotatable bonds is 7. The zero-order chi connectivity index (χ0) is 11.9. The number of fused-ring (bicyclic) bond motifs is 1. The molecule has 0 saturated heterocycles. The lowest BCUT2D eigenvalue weighted by Crippen LogP contribution is -2.15. The fraction of sp³-hybridized carbons (Fsp3) is 0.429. The van der Waals surface area contributed by atoms with Crippen LogP contribution >= 0.6 is 11.8 Å². The summed E-state index contributed by atoms with van der Waals surface area (Å²) in [5.41, 5.74) is 2.62. The van der Waals surface area contributed by atoms with Crippen LogP contribution in [0.2, 0.25) is 0 Å². The van der Waals surface area contributed by atoms with E-state index in [-0.39, 0.29) is 0 Å². The van der Waals surface area contributed by atoms with Crippen molar-refractivity contribution in [1.82, 2.24) is 10.3 Å². The van der Waals surface area contributed by atoms with Crippen molar-refractivity contribution in [3.63, 3.8) is 0 Å². The third-order valence-electron chi connectivity index (χ3n) is 2.84. The quantitative estimate of drug-likeness (QED) is 0.735. The normalized spacial score (nSPS) is 11.1. The third kappa shape index (κ3) is 3.51. The maximum Gasteiger partial charge on any atom is 0.0499 e. The zero-order valence-electron chi connectivity index (χ0n) is 10.3. The molecule has 0 saturated carbocycles. The van der Waals surface area contributed by atoms with E-state index in [4.69, 9.17) is 0 Å². The van der Waals surface area contributed by atoms with Gasteiger partial charge in [-0.1, -0.05) is 25.1 Å². The number of para-hydroxylation sites is 1. The second-order valence-corrected chi connectivity index (χ2v) is 5.48. The molecule has 92 valence electrons. The van der Waals surface area contributed by atoms with Crippen molar-refractivity contribution in [1.29, 1.82) is 0 Å². The Balaban J connectivity index is 1.80. The van der Waals surface area contributed by atoms with Crippen LogP contribution in [-0.2, 0) is 6.54 Å². The Morgan fingerprint density at radius 1 is 1.29 bits per heavy atom. The Kier molecular flexibility index (Phi) is 4.95. The van der Waals surface area contributed by atoms with Crippen LogP contribution in [0.25, 0.3) is 10.9 Å². The van der Waals surface area contributed by atoms with Crippen LogP contribution in [0.1, 0.15) is 18.9 Å². The van der Waals surface area contributed by atoms with Crippen LogP contribution in [-0.4, -0.2) is 23.0 Å². The maximum atomic E-state index is 3.51. The third-order valence-corrected chi connectivity index (χ3v) is 3.82. The van der Waals surface area contributed by atoms with Crippen molar-refractivity contribution in [2.75, 3.05) is 18.1 Å². The first kappa shape index (κ1) is 12.5. The second-order valence-electron chi connectivity index (χ2n) is 4.09. The van der Waals surface area contributed by atoms with Gasteiger partial charge in [-0.3, -0.25) is 0 Å². The van der Waals surface area contributed by atoms with E-state index in [1.54, 1.807) is 0 Å². The number of aromatic nitrogens is 1. The summed E-state index contributed by atoms with van der Waals surface area (Å²) in [4.78, 5) is 3.31. The molecular formula is C14H20N2S. The van der Waals surface area contributed by atoms with Gasteiger partial charge in [-0.05, 0) is 41.5 Å². The molecular weight excluding hydrogens is 228 g/mol. The van der Waals surface area contributed by atoms with Crippen LogP contribution < -0.4 is 5.32 Å². The molecule has 1 aromatic heterocycles. The van der Waals surface area contributed by atoms with Gasteiger partial charge in [-0.2, -0.15) is 11.8 Å². The van der Waals surface area contributed by atoms with Crippen molar-refractivity contribution in [3.05, 3.63) is 36.0 Å². The Labute approximate surface area is 107 Å². The summed E-state index contributed by atoms with van der Waals surface area (Å²) in [6.07, 6.45) is 3.26. The Bertz CT molecular complexity index is 450. The Morgan fingerprint density at radius 3 is 3.12 bits per heavy atom. The van der Waals surface area contributed by atoms with Crippen LogP contribution in [0.3, 0.4) is 0 Å². The maximum absolute atomic E-state index is 3.51. The van der Waals surface area contributed by atoms with E-state index in [2.05, 4.69) is 41.5 Å². The van der Waals surface area contributed by atoms with Crippen LogP contribution in [0, 0.1) is 0 Å². The molecule has 17 heavy (non-hydrogen) atoms. The van der Waals surface area contributed by atoms with Gasteiger partial charge in [-0.25, -0.2) is 0 Å². The molecule has 3 heteroatoms. The zero-order valence-corrected chi connectivity index (χ0v) is 11.1. The summed E-state index contributed by atoms with van der Waals surface area (Å²) in [5, 5.41) is 4.81. The van der Waals surface area contributed by atoms with Gasteiger partial charge in [0.25, 0.3) is 0 Å². The molecule has 0 atom stereocenters. The molecule has 0 aliphatic heterocycles.